The van der Waals surface area contributed by atoms with Gasteiger partial charge in [-0.15, -0.1) is 0 Å². The second-order valence-corrected chi connectivity index (χ2v) is 8.87. The maximum Gasteiger partial charge on any atom is 0.239 e. The number of fused-ring (bicyclic) bond motifs is 2. The number of amides is 1. The first-order chi connectivity index (χ1) is 11.8. The van der Waals surface area contributed by atoms with Crippen molar-refractivity contribution in [3.8, 4) is 0 Å². The van der Waals surface area contributed by atoms with Gasteiger partial charge in [0, 0.05) is 38.3 Å². The van der Waals surface area contributed by atoms with Crippen LogP contribution in [0.1, 0.15) is 51.4 Å². The van der Waals surface area contributed by atoms with Crippen molar-refractivity contribution >= 4 is 5.91 Å². The smallest absolute Gasteiger partial charge is 0.239 e. The summed E-state index contributed by atoms with van der Waals surface area (Å²) in [5, 5.41) is 6.12. The predicted molar refractivity (Wildman–Crippen MR) is 93.2 cm³/mol. The van der Waals surface area contributed by atoms with E-state index in [9.17, 15) is 4.79 Å². The third-order valence-electron chi connectivity index (χ3n) is 7.67. The van der Waals surface area contributed by atoms with Crippen LogP contribution in [0.25, 0.3) is 0 Å². The van der Waals surface area contributed by atoms with E-state index in [2.05, 4.69) is 20.7 Å². The summed E-state index contributed by atoms with van der Waals surface area (Å²) >= 11 is 0. The van der Waals surface area contributed by atoms with Crippen molar-refractivity contribution in [3.63, 3.8) is 0 Å². The van der Waals surface area contributed by atoms with Crippen molar-refractivity contribution in [3.05, 3.63) is 0 Å². The summed E-state index contributed by atoms with van der Waals surface area (Å²) in [5.74, 6) is 2.80. The molecule has 5 atom stereocenters. The van der Waals surface area contributed by atoms with Crippen molar-refractivity contribution in [2.24, 2.45) is 17.8 Å². The van der Waals surface area contributed by atoms with Crippen LogP contribution in [0.5, 0.6) is 0 Å². The molecule has 3 aliphatic heterocycles. The van der Waals surface area contributed by atoms with Gasteiger partial charge in [-0.2, -0.15) is 0 Å². The third-order valence-corrected chi connectivity index (χ3v) is 7.67. The van der Waals surface area contributed by atoms with E-state index in [1.165, 1.54) is 44.9 Å². The third kappa shape index (κ3) is 2.60. The van der Waals surface area contributed by atoms with E-state index in [1.54, 1.807) is 0 Å². The molecule has 2 saturated carbocycles. The molecule has 0 radical (unpaired) electrons. The van der Waals surface area contributed by atoms with E-state index in [0.29, 0.717) is 18.0 Å². The van der Waals surface area contributed by atoms with Gasteiger partial charge in [-0.05, 0) is 37.0 Å². The maximum absolute atomic E-state index is 13.1. The molecule has 134 valence electrons. The fraction of sp³-hybridized carbons (Fsp3) is 0.947. The summed E-state index contributed by atoms with van der Waals surface area (Å²) in [5.41, 5.74) is 3.61. The highest BCUT2D eigenvalue weighted by atomic mass is 16.2. The Morgan fingerprint density at radius 1 is 0.958 bits per heavy atom. The zero-order valence-electron chi connectivity index (χ0n) is 14.8. The lowest BCUT2D eigenvalue weighted by atomic mass is 9.73. The monoisotopic (exact) mass is 332 g/mol. The molecule has 0 spiro atoms. The van der Waals surface area contributed by atoms with E-state index >= 15 is 0 Å². The molecule has 2 N–H and O–H groups in total. The molecule has 0 bridgehead atoms. The highest BCUT2D eigenvalue weighted by Crippen LogP contribution is 2.39. The maximum atomic E-state index is 13.1. The Bertz CT molecular complexity index is 480. The van der Waals surface area contributed by atoms with Crippen LogP contribution in [0.15, 0.2) is 0 Å². The zero-order chi connectivity index (χ0) is 16.1. The molecule has 5 heteroatoms. The lowest BCUT2D eigenvalue weighted by Crippen LogP contribution is -2.59. The van der Waals surface area contributed by atoms with E-state index in [1.807, 2.05) is 0 Å². The molecular formula is C19H32N4O. The van der Waals surface area contributed by atoms with Crippen LogP contribution in [0.3, 0.4) is 0 Å². The number of nitrogens with zero attached hydrogens (tertiary/aromatic N) is 2. The topological polar surface area (TPSA) is 47.6 Å². The quantitative estimate of drug-likeness (QED) is 0.801. The molecule has 3 saturated heterocycles. The Hall–Kier alpha value is -0.650. The first kappa shape index (κ1) is 15.6. The summed E-state index contributed by atoms with van der Waals surface area (Å²) < 4.78 is 0. The Labute approximate surface area is 145 Å². The normalized spacial score (nSPS) is 43.3. The van der Waals surface area contributed by atoms with Crippen molar-refractivity contribution in [1.29, 1.82) is 0 Å². The fourth-order valence-corrected chi connectivity index (χ4v) is 6.01. The van der Waals surface area contributed by atoms with Gasteiger partial charge in [0.15, 0.2) is 0 Å². The second-order valence-electron chi connectivity index (χ2n) is 8.87. The highest BCUT2D eigenvalue weighted by Gasteiger charge is 2.46. The number of hydrazine groups is 1. The average Bonchev–Trinajstić information content (AvgIpc) is 3.16. The zero-order valence-corrected chi connectivity index (χ0v) is 14.8. The number of nitrogens with one attached hydrogen (secondary N) is 2. The van der Waals surface area contributed by atoms with E-state index in [-0.39, 0.29) is 6.04 Å². The molecular weight excluding hydrogens is 300 g/mol. The van der Waals surface area contributed by atoms with Crippen LogP contribution in [-0.2, 0) is 4.79 Å². The van der Waals surface area contributed by atoms with Gasteiger partial charge in [0.2, 0.25) is 5.91 Å². The first-order valence-electron chi connectivity index (χ1n) is 10.3. The first-order valence-corrected chi connectivity index (χ1v) is 10.3. The Balaban J connectivity index is 1.23. The van der Waals surface area contributed by atoms with Crippen molar-refractivity contribution < 1.29 is 4.79 Å². The highest BCUT2D eigenvalue weighted by molar-refractivity contribution is 5.82. The molecule has 0 aromatic rings. The van der Waals surface area contributed by atoms with Gasteiger partial charge in [0.05, 0.1) is 6.04 Å². The van der Waals surface area contributed by atoms with Crippen molar-refractivity contribution in [2.75, 3.05) is 26.2 Å². The SMILES string of the molecule is O=C(C1CC2CCCCC2N1)N1CCN2NCC(C3CCC3)C2C1. The number of carbonyl (C=O) groups is 1. The van der Waals surface area contributed by atoms with Gasteiger partial charge < -0.3 is 10.2 Å². The molecule has 1 amide bonds. The Morgan fingerprint density at radius 3 is 2.58 bits per heavy atom. The van der Waals surface area contributed by atoms with Gasteiger partial charge in [0.1, 0.15) is 0 Å². The fourth-order valence-electron chi connectivity index (χ4n) is 6.01. The summed E-state index contributed by atoms with van der Waals surface area (Å²) in [6, 6.07) is 1.27. The standard InChI is InChI=1S/C19H32N4O/c24-19(17-10-14-4-1-2-7-16(14)21-17)22-8-9-23-18(12-22)15(11-20-23)13-5-3-6-13/h13-18,20-21H,1-12H2. The number of piperazine rings is 1. The minimum absolute atomic E-state index is 0.0983. The predicted octanol–water partition coefficient (Wildman–Crippen LogP) is 1.35. The van der Waals surface area contributed by atoms with E-state index in [0.717, 1.165) is 50.4 Å². The molecule has 3 heterocycles. The number of hydrogen-bond donors (Lipinski definition) is 2. The molecule has 0 aromatic heterocycles. The van der Waals surface area contributed by atoms with Crippen molar-refractivity contribution in [2.45, 2.75) is 69.5 Å². The Morgan fingerprint density at radius 2 is 1.79 bits per heavy atom. The Kier molecular flexibility index (Phi) is 4.07. The number of carbonyl (C=O) groups excluding carboxylic acids is 1. The molecule has 2 aliphatic carbocycles. The van der Waals surface area contributed by atoms with E-state index < -0.39 is 0 Å². The van der Waals surface area contributed by atoms with Crippen LogP contribution < -0.4 is 10.7 Å². The molecule has 5 aliphatic rings. The lowest BCUT2D eigenvalue weighted by Gasteiger charge is -2.42. The molecule has 5 unspecified atom stereocenters. The summed E-state index contributed by atoms with van der Waals surface area (Å²) in [6.07, 6.45) is 10.6. The van der Waals surface area contributed by atoms with E-state index in [4.69, 9.17) is 0 Å². The summed E-state index contributed by atoms with van der Waals surface area (Å²) in [6.45, 7) is 3.97. The second kappa shape index (κ2) is 6.26. The summed E-state index contributed by atoms with van der Waals surface area (Å²) in [4.78, 5) is 15.3. The summed E-state index contributed by atoms with van der Waals surface area (Å²) in [7, 11) is 0. The van der Waals surface area contributed by atoms with Gasteiger partial charge in [0.25, 0.3) is 0 Å². The molecule has 5 nitrogen and oxygen atoms in total. The molecule has 5 rings (SSSR count). The van der Waals surface area contributed by atoms with Crippen LogP contribution in [0.2, 0.25) is 0 Å². The van der Waals surface area contributed by atoms with Gasteiger partial charge >= 0.3 is 0 Å². The van der Waals surface area contributed by atoms with Gasteiger partial charge in [-0.3, -0.25) is 10.2 Å². The van der Waals surface area contributed by atoms with Crippen molar-refractivity contribution in [1.82, 2.24) is 20.7 Å². The van der Waals surface area contributed by atoms with Crippen LogP contribution >= 0.6 is 0 Å². The molecule has 5 fully saturated rings. The molecule has 0 aromatic carbocycles. The average molecular weight is 332 g/mol. The number of hydrogen-bond acceptors (Lipinski definition) is 4. The minimum atomic E-state index is 0.0983. The minimum Gasteiger partial charge on any atom is -0.338 e. The van der Waals surface area contributed by atoms with Gasteiger partial charge in [-0.1, -0.05) is 32.1 Å². The largest absolute Gasteiger partial charge is 0.338 e. The lowest BCUT2D eigenvalue weighted by molar-refractivity contribution is -0.136. The van der Waals surface area contributed by atoms with Crippen LogP contribution in [-0.4, -0.2) is 60.1 Å². The van der Waals surface area contributed by atoms with Crippen LogP contribution in [0.4, 0.5) is 0 Å². The molecule has 24 heavy (non-hydrogen) atoms. The van der Waals surface area contributed by atoms with Crippen LogP contribution in [0, 0.1) is 17.8 Å². The van der Waals surface area contributed by atoms with Gasteiger partial charge in [-0.25, -0.2) is 5.01 Å². The number of rotatable bonds is 2.